The second kappa shape index (κ2) is 5.62. The number of carbonyl (C=O) groups is 1. The summed E-state index contributed by atoms with van der Waals surface area (Å²) in [7, 11) is 0. The molecule has 2 aromatic rings. The molecule has 0 saturated carbocycles. The van der Waals surface area contributed by atoms with Gasteiger partial charge in [-0.15, -0.1) is 0 Å². The number of aromatic amines is 1. The zero-order chi connectivity index (χ0) is 14.8. The molecule has 8 heteroatoms. The SMILES string of the molecule is O=C(NCCOc1ccc(Cl)c2[nH]ccc12)C(F)(F)F. The maximum atomic E-state index is 11.9. The number of halogens is 4. The van der Waals surface area contributed by atoms with Gasteiger partial charge in [-0.25, -0.2) is 0 Å². The normalized spacial score (nSPS) is 11.6. The monoisotopic (exact) mass is 306 g/mol. The van der Waals surface area contributed by atoms with Gasteiger partial charge >= 0.3 is 12.1 Å². The van der Waals surface area contributed by atoms with Crippen molar-refractivity contribution in [3.8, 4) is 5.75 Å². The van der Waals surface area contributed by atoms with Crippen molar-refractivity contribution in [3.05, 3.63) is 29.4 Å². The predicted octanol–water partition coefficient (Wildman–Crippen LogP) is 2.88. The quantitative estimate of drug-likeness (QED) is 0.853. The number of nitrogens with one attached hydrogen (secondary N) is 2. The summed E-state index contributed by atoms with van der Waals surface area (Å²) in [4.78, 5) is 13.5. The van der Waals surface area contributed by atoms with E-state index in [1.54, 1.807) is 29.7 Å². The lowest BCUT2D eigenvalue weighted by atomic mass is 10.2. The van der Waals surface area contributed by atoms with Crippen molar-refractivity contribution in [1.29, 1.82) is 0 Å². The summed E-state index contributed by atoms with van der Waals surface area (Å²) in [6, 6.07) is 4.97. The zero-order valence-electron chi connectivity index (χ0n) is 10.1. The standard InChI is InChI=1S/C12H10ClF3N2O2/c13-8-1-2-9(7-3-4-17-10(7)8)20-6-5-18-11(19)12(14,15)16/h1-4,17H,5-6H2,(H,18,19). The Morgan fingerprint density at radius 2 is 2.10 bits per heavy atom. The maximum absolute atomic E-state index is 11.9. The number of fused-ring (bicyclic) bond motifs is 1. The van der Waals surface area contributed by atoms with E-state index in [1.807, 2.05) is 0 Å². The number of benzene rings is 1. The van der Waals surface area contributed by atoms with Crippen LogP contribution >= 0.6 is 11.6 Å². The van der Waals surface area contributed by atoms with Crippen LogP contribution < -0.4 is 10.1 Å². The first-order valence-corrected chi connectivity index (χ1v) is 6.01. The van der Waals surface area contributed by atoms with Gasteiger partial charge in [0.15, 0.2) is 0 Å². The van der Waals surface area contributed by atoms with Crippen LogP contribution in [-0.4, -0.2) is 30.2 Å². The minimum absolute atomic E-state index is 0.0796. The molecule has 2 N–H and O–H groups in total. The summed E-state index contributed by atoms with van der Waals surface area (Å²) in [5.74, 6) is -1.50. The molecule has 0 bridgehead atoms. The van der Waals surface area contributed by atoms with Crippen LogP contribution in [0.15, 0.2) is 24.4 Å². The highest BCUT2D eigenvalue weighted by Gasteiger charge is 2.38. The first-order chi connectivity index (χ1) is 9.39. The summed E-state index contributed by atoms with van der Waals surface area (Å²) in [6.07, 6.45) is -3.21. The highest BCUT2D eigenvalue weighted by Crippen LogP contribution is 2.30. The van der Waals surface area contributed by atoms with Crippen LogP contribution in [0.3, 0.4) is 0 Å². The van der Waals surface area contributed by atoms with E-state index in [1.165, 1.54) is 0 Å². The highest BCUT2D eigenvalue weighted by atomic mass is 35.5. The smallest absolute Gasteiger partial charge is 0.471 e. The number of hydrogen-bond donors (Lipinski definition) is 2. The lowest BCUT2D eigenvalue weighted by Gasteiger charge is -2.10. The summed E-state index contributed by atoms with van der Waals surface area (Å²) >= 11 is 5.95. The molecule has 20 heavy (non-hydrogen) atoms. The molecule has 1 aromatic heterocycles. The third-order valence-corrected chi connectivity index (χ3v) is 2.85. The molecular weight excluding hydrogens is 297 g/mol. The van der Waals surface area contributed by atoms with E-state index in [0.29, 0.717) is 16.3 Å². The van der Waals surface area contributed by atoms with Gasteiger partial charge in [0.2, 0.25) is 0 Å². The van der Waals surface area contributed by atoms with E-state index in [9.17, 15) is 18.0 Å². The van der Waals surface area contributed by atoms with E-state index in [4.69, 9.17) is 16.3 Å². The van der Waals surface area contributed by atoms with Crippen molar-refractivity contribution in [2.45, 2.75) is 6.18 Å². The van der Waals surface area contributed by atoms with Crippen molar-refractivity contribution in [2.24, 2.45) is 0 Å². The number of rotatable bonds is 4. The van der Waals surface area contributed by atoms with Crippen LogP contribution in [0.5, 0.6) is 5.75 Å². The summed E-state index contributed by atoms with van der Waals surface area (Å²) < 4.78 is 41.2. The van der Waals surface area contributed by atoms with Crippen LogP contribution in [0.4, 0.5) is 13.2 Å². The third kappa shape index (κ3) is 3.16. The number of alkyl halides is 3. The fraction of sp³-hybridized carbons (Fsp3) is 0.250. The minimum Gasteiger partial charge on any atom is -0.491 e. The van der Waals surface area contributed by atoms with Gasteiger partial charge in [-0.1, -0.05) is 11.6 Å². The Labute approximate surface area is 116 Å². The van der Waals surface area contributed by atoms with Crippen LogP contribution in [-0.2, 0) is 4.79 Å². The van der Waals surface area contributed by atoms with E-state index in [0.717, 1.165) is 5.39 Å². The first kappa shape index (κ1) is 14.5. The summed E-state index contributed by atoms with van der Waals surface area (Å²) in [6.45, 7) is -0.323. The Kier molecular flexibility index (Phi) is 4.08. The highest BCUT2D eigenvalue weighted by molar-refractivity contribution is 6.35. The van der Waals surface area contributed by atoms with Crippen molar-refractivity contribution >= 4 is 28.4 Å². The van der Waals surface area contributed by atoms with Crippen LogP contribution in [0.1, 0.15) is 0 Å². The number of H-pyrrole nitrogens is 1. The fourth-order valence-corrected chi connectivity index (χ4v) is 1.87. The Bertz CT molecular complexity index is 625. The van der Waals surface area contributed by atoms with E-state index in [-0.39, 0.29) is 13.2 Å². The predicted molar refractivity (Wildman–Crippen MR) is 67.9 cm³/mol. The molecule has 108 valence electrons. The minimum atomic E-state index is -4.88. The number of hydrogen-bond acceptors (Lipinski definition) is 2. The molecule has 1 amide bonds. The molecule has 0 spiro atoms. The molecule has 0 radical (unpaired) electrons. The van der Waals surface area contributed by atoms with Crippen molar-refractivity contribution < 1.29 is 22.7 Å². The van der Waals surface area contributed by atoms with Crippen LogP contribution in [0, 0.1) is 0 Å². The summed E-state index contributed by atoms with van der Waals surface area (Å²) in [5.41, 5.74) is 0.684. The number of amides is 1. The Morgan fingerprint density at radius 1 is 1.35 bits per heavy atom. The van der Waals surface area contributed by atoms with E-state index >= 15 is 0 Å². The fourth-order valence-electron chi connectivity index (χ4n) is 1.65. The molecule has 0 aliphatic rings. The Hall–Kier alpha value is -1.89. The Morgan fingerprint density at radius 3 is 2.80 bits per heavy atom. The first-order valence-electron chi connectivity index (χ1n) is 5.63. The second-order valence-electron chi connectivity index (χ2n) is 3.91. The van der Waals surface area contributed by atoms with E-state index in [2.05, 4.69) is 4.98 Å². The van der Waals surface area contributed by atoms with Gasteiger partial charge in [0.1, 0.15) is 12.4 Å². The zero-order valence-corrected chi connectivity index (χ0v) is 10.8. The average molecular weight is 307 g/mol. The summed E-state index contributed by atoms with van der Waals surface area (Å²) in [5, 5.41) is 2.96. The number of carbonyl (C=O) groups excluding carboxylic acids is 1. The molecule has 0 unspecified atom stereocenters. The van der Waals surface area contributed by atoms with Gasteiger partial charge < -0.3 is 15.0 Å². The van der Waals surface area contributed by atoms with Gasteiger partial charge in [0.05, 0.1) is 17.1 Å². The van der Waals surface area contributed by atoms with Crippen molar-refractivity contribution in [1.82, 2.24) is 10.3 Å². The molecule has 0 fully saturated rings. The molecule has 1 heterocycles. The van der Waals surface area contributed by atoms with Crippen molar-refractivity contribution in [2.75, 3.05) is 13.2 Å². The lowest BCUT2D eigenvalue weighted by molar-refractivity contribution is -0.173. The van der Waals surface area contributed by atoms with Gasteiger partial charge in [-0.2, -0.15) is 13.2 Å². The number of aromatic nitrogens is 1. The molecular formula is C12H10ClF3N2O2. The van der Waals surface area contributed by atoms with Crippen molar-refractivity contribution in [3.63, 3.8) is 0 Å². The molecule has 0 aliphatic carbocycles. The van der Waals surface area contributed by atoms with E-state index < -0.39 is 12.1 Å². The number of ether oxygens (including phenoxy) is 1. The molecule has 0 atom stereocenters. The van der Waals surface area contributed by atoms with Crippen LogP contribution in [0.2, 0.25) is 5.02 Å². The molecule has 4 nitrogen and oxygen atoms in total. The topological polar surface area (TPSA) is 54.1 Å². The molecule has 0 aliphatic heterocycles. The largest absolute Gasteiger partial charge is 0.491 e. The molecule has 2 rings (SSSR count). The van der Waals surface area contributed by atoms with Crippen LogP contribution in [0.25, 0.3) is 10.9 Å². The second-order valence-corrected chi connectivity index (χ2v) is 4.32. The average Bonchev–Trinajstić information content (AvgIpc) is 2.85. The third-order valence-electron chi connectivity index (χ3n) is 2.53. The van der Waals surface area contributed by atoms with Gasteiger partial charge in [0.25, 0.3) is 0 Å². The Balaban J connectivity index is 1.92. The van der Waals surface area contributed by atoms with Gasteiger partial charge in [-0.3, -0.25) is 4.79 Å². The lowest BCUT2D eigenvalue weighted by Crippen LogP contribution is -2.38. The van der Waals surface area contributed by atoms with Gasteiger partial charge in [0, 0.05) is 11.6 Å². The van der Waals surface area contributed by atoms with Gasteiger partial charge in [-0.05, 0) is 18.2 Å². The molecule has 0 saturated heterocycles. The maximum Gasteiger partial charge on any atom is 0.471 e. The molecule has 1 aromatic carbocycles.